The first-order chi connectivity index (χ1) is 9.19. The van der Waals surface area contributed by atoms with Gasteiger partial charge in [0.15, 0.2) is 0 Å². The number of aromatic nitrogens is 1. The zero-order valence-electron chi connectivity index (χ0n) is 13.2. The van der Waals surface area contributed by atoms with Crippen LogP contribution in [0.2, 0.25) is 0 Å². The third kappa shape index (κ3) is 5.59. The molecule has 4 heteroatoms. The molecule has 0 bridgehead atoms. The van der Waals surface area contributed by atoms with Crippen molar-refractivity contribution in [1.82, 2.24) is 10.3 Å². The van der Waals surface area contributed by atoms with Crippen LogP contribution in [0.15, 0.2) is 17.1 Å². The van der Waals surface area contributed by atoms with Crippen molar-refractivity contribution in [3.05, 3.63) is 33.7 Å². The molecule has 20 heavy (non-hydrogen) atoms. The van der Waals surface area contributed by atoms with Gasteiger partial charge in [0.25, 0.3) is 5.91 Å². The molecule has 4 nitrogen and oxygen atoms in total. The van der Waals surface area contributed by atoms with Crippen LogP contribution in [-0.2, 0) is 0 Å². The molecule has 0 fully saturated rings. The van der Waals surface area contributed by atoms with E-state index in [1.807, 2.05) is 0 Å². The molecule has 1 aromatic heterocycles. The summed E-state index contributed by atoms with van der Waals surface area (Å²) < 4.78 is 0. The van der Waals surface area contributed by atoms with Crippen molar-refractivity contribution in [1.29, 1.82) is 0 Å². The maximum Gasteiger partial charge on any atom is 0.253 e. The number of rotatable bonds is 5. The average molecular weight is 278 g/mol. The molecular formula is C16H26N2O2. The number of H-pyrrole nitrogens is 1. The first-order valence-electron chi connectivity index (χ1n) is 7.16. The van der Waals surface area contributed by atoms with Gasteiger partial charge in [0.1, 0.15) is 0 Å². The lowest BCUT2D eigenvalue weighted by Gasteiger charge is -2.23. The Morgan fingerprint density at radius 3 is 2.60 bits per heavy atom. The summed E-state index contributed by atoms with van der Waals surface area (Å²) in [6.45, 7) is 11.3. The Morgan fingerprint density at radius 2 is 2.05 bits per heavy atom. The fourth-order valence-electron chi connectivity index (χ4n) is 2.49. The third-order valence-electron chi connectivity index (χ3n) is 3.26. The van der Waals surface area contributed by atoms with Gasteiger partial charge in [0.2, 0.25) is 5.56 Å². The van der Waals surface area contributed by atoms with E-state index in [1.165, 1.54) is 12.3 Å². The van der Waals surface area contributed by atoms with E-state index in [0.717, 1.165) is 12.8 Å². The first kappa shape index (κ1) is 16.5. The third-order valence-corrected chi connectivity index (χ3v) is 3.26. The topological polar surface area (TPSA) is 62.0 Å². The van der Waals surface area contributed by atoms with Crippen LogP contribution in [0.4, 0.5) is 0 Å². The average Bonchev–Trinajstić information content (AvgIpc) is 2.25. The van der Waals surface area contributed by atoms with Gasteiger partial charge < -0.3 is 10.3 Å². The minimum Gasteiger partial charge on any atom is -0.352 e. The highest BCUT2D eigenvalue weighted by molar-refractivity contribution is 5.95. The van der Waals surface area contributed by atoms with Gasteiger partial charge >= 0.3 is 0 Å². The second kappa shape index (κ2) is 6.73. The van der Waals surface area contributed by atoms with Crippen molar-refractivity contribution in [3.8, 4) is 0 Å². The minimum absolute atomic E-state index is 0.123. The van der Waals surface area contributed by atoms with E-state index in [2.05, 4.69) is 38.0 Å². The van der Waals surface area contributed by atoms with Crippen molar-refractivity contribution >= 4 is 5.91 Å². The molecule has 0 saturated carbocycles. The zero-order valence-corrected chi connectivity index (χ0v) is 13.2. The Hall–Kier alpha value is -1.58. The molecule has 1 aromatic rings. The number of carbonyl (C=O) groups excluding carboxylic acids is 1. The SMILES string of the molecule is Cc1cc(=O)[nH]cc1C(=O)NCC[C@H](C)CC(C)(C)C. The normalized spacial score (nSPS) is 13.1. The molecule has 0 aliphatic rings. The fraction of sp³-hybridized carbons (Fsp3) is 0.625. The van der Waals surface area contributed by atoms with E-state index in [1.54, 1.807) is 6.92 Å². The van der Waals surface area contributed by atoms with Crippen LogP contribution < -0.4 is 10.9 Å². The van der Waals surface area contributed by atoms with E-state index >= 15 is 0 Å². The maximum absolute atomic E-state index is 12.0. The lowest BCUT2D eigenvalue weighted by Crippen LogP contribution is -2.27. The van der Waals surface area contributed by atoms with Gasteiger partial charge in [-0.3, -0.25) is 9.59 Å². The number of amides is 1. The van der Waals surface area contributed by atoms with Crippen LogP contribution in [0.1, 0.15) is 56.5 Å². The van der Waals surface area contributed by atoms with E-state index in [-0.39, 0.29) is 11.5 Å². The molecule has 1 heterocycles. The number of carbonyl (C=O) groups is 1. The molecule has 112 valence electrons. The predicted molar refractivity (Wildman–Crippen MR) is 82.0 cm³/mol. The number of pyridine rings is 1. The van der Waals surface area contributed by atoms with E-state index < -0.39 is 0 Å². The molecule has 0 aliphatic heterocycles. The molecular weight excluding hydrogens is 252 g/mol. The largest absolute Gasteiger partial charge is 0.352 e. The number of nitrogens with one attached hydrogen (secondary N) is 2. The monoisotopic (exact) mass is 278 g/mol. The molecule has 0 aliphatic carbocycles. The van der Waals surface area contributed by atoms with Crippen LogP contribution in [0.5, 0.6) is 0 Å². The van der Waals surface area contributed by atoms with Gasteiger partial charge in [0, 0.05) is 18.8 Å². The quantitative estimate of drug-likeness (QED) is 0.870. The lowest BCUT2D eigenvalue weighted by molar-refractivity contribution is 0.0950. The van der Waals surface area contributed by atoms with Crippen molar-refractivity contribution in [2.45, 2.75) is 47.5 Å². The van der Waals surface area contributed by atoms with Gasteiger partial charge in [-0.25, -0.2) is 0 Å². The van der Waals surface area contributed by atoms with E-state index in [0.29, 0.717) is 29.0 Å². The Bertz CT molecular complexity index is 512. The Kier molecular flexibility index (Phi) is 5.54. The lowest BCUT2D eigenvalue weighted by atomic mass is 9.84. The predicted octanol–water partition coefficient (Wildman–Crippen LogP) is 2.88. The number of aromatic amines is 1. The fourth-order valence-corrected chi connectivity index (χ4v) is 2.49. The summed E-state index contributed by atoms with van der Waals surface area (Å²) in [6.07, 6.45) is 3.58. The minimum atomic E-state index is -0.183. The van der Waals surface area contributed by atoms with Gasteiger partial charge in [-0.2, -0.15) is 0 Å². The highest BCUT2D eigenvalue weighted by atomic mass is 16.1. The number of hydrogen-bond donors (Lipinski definition) is 2. The highest BCUT2D eigenvalue weighted by Crippen LogP contribution is 2.25. The van der Waals surface area contributed by atoms with Crippen LogP contribution in [-0.4, -0.2) is 17.4 Å². The zero-order chi connectivity index (χ0) is 15.3. The van der Waals surface area contributed by atoms with E-state index in [4.69, 9.17) is 0 Å². The smallest absolute Gasteiger partial charge is 0.253 e. The molecule has 0 saturated heterocycles. The highest BCUT2D eigenvalue weighted by Gasteiger charge is 2.15. The van der Waals surface area contributed by atoms with Crippen molar-refractivity contribution < 1.29 is 4.79 Å². The van der Waals surface area contributed by atoms with Crippen molar-refractivity contribution in [2.24, 2.45) is 11.3 Å². The maximum atomic E-state index is 12.0. The molecule has 0 unspecified atom stereocenters. The molecule has 0 aromatic carbocycles. The van der Waals surface area contributed by atoms with Gasteiger partial charge in [0.05, 0.1) is 5.56 Å². The van der Waals surface area contributed by atoms with Crippen LogP contribution in [0.3, 0.4) is 0 Å². The Labute approximate surface area is 121 Å². The van der Waals surface area contributed by atoms with Crippen molar-refractivity contribution in [2.75, 3.05) is 6.54 Å². The Balaban J connectivity index is 2.46. The standard InChI is InChI=1S/C16H26N2O2/c1-11(9-16(3,4)5)6-7-17-15(20)13-10-18-14(19)8-12(13)2/h8,10-11H,6-7,9H2,1-5H3,(H,17,20)(H,18,19)/t11-/m0/s1. The summed E-state index contributed by atoms with van der Waals surface area (Å²) in [4.78, 5) is 25.7. The molecule has 0 radical (unpaired) electrons. The molecule has 1 amide bonds. The summed E-state index contributed by atoms with van der Waals surface area (Å²) in [6, 6.07) is 1.44. The summed E-state index contributed by atoms with van der Waals surface area (Å²) >= 11 is 0. The van der Waals surface area contributed by atoms with Crippen LogP contribution in [0, 0.1) is 18.3 Å². The molecule has 1 rings (SSSR count). The van der Waals surface area contributed by atoms with Gasteiger partial charge in [-0.15, -0.1) is 0 Å². The summed E-state index contributed by atoms with van der Waals surface area (Å²) in [5, 5.41) is 2.91. The van der Waals surface area contributed by atoms with Crippen LogP contribution in [0.25, 0.3) is 0 Å². The second-order valence-corrected chi connectivity index (χ2v) is 6.81. The van der Waals surface area contributed by atoms with Gasteiger partial charge in [-0.1, -0.05) is 27.7 Å². The van der Waals surface area contributed by atoms with Crippen molar-refractivity contribution in [3.63, 3.8) is 0 Å². The van der Waals surface area contributed by atoms with Crippen LogP contribution >= 0.6 is 0 Å². The first-order valence-corrected chi connectivity index (χ1v) is 7.16. The van der Waals surface area contributed by atoms with E-state index in [9.17, 15) is 9.59 Å². The summed E-state index contributed by atoms with van der Waals surface area (Å²) in [5.74, 6) is 0.452. The second-order valence-electron chi connectivity index (χ2n) is 6.81. The molecule has 2 N–H and O–H groups in total. The summed E-state index contributed by atoms with van der Waals surface area (Å²) in [5.41, 5.74) is 1.37. The number of aryl methyl sites for hydroxylation is 1. The molecule has 0 spiro atoms. The Morgan fingerprint density at radius 1 is 1.40 bits per heavy atom. The molecule has 1 atom stereocenters. The number of hydrogen-bond acceptors (Lipinski definition) is 2. The summed E-state index contributed by atoms with van der Waals surface area (Å²) in [7, 11) is 0. The van der Waals surface area contributed by atoms with Gasteiger partial charge in [-0.05, 0) is 36.7 Å².